The van der Waals surface area contributed by atoms with Crippen LogP contribution in [0, 0.1) is 5.82 Å². The average molecular weight is 375 g/mol. The van der Waals surface area contributed by atoms with Crippen molar-refractivity contribution in [3.05, 3.63) is 51.7 Å². The highest BCUT2D eigenvalue weighted by atomic mass is 32.1. The number of carbonyl (C=O) groups is 2. The number of benzene rings is 1. The highest BCUT2D eigenvalue weighted by molar-refractivity contribution is 7.09. The number of piperidine rings is 1. The molecule has 2 heterocycles. The van der Waals surface area contributed by atoms with Crippen molar-refractivity contribution in [2.45, 2.75) is 32.1 Å². The summed E-state index contributed by atoms with van der Waals surface area (Å²) in [6, 6.07) is 5.70. The van der Waals surface area contributed by atoms with E-state index in [2.05, 4.69) is 5.32 Å². The van der Waals surface area contributed by atoms with Crippen LogP contribution in [0.5, 0.6) is 0 Å². The number of hydrogen-bond acceptors (Lipinski definition) is 4. The maximum Gasteiger partial charge on any atom is 0.253 e. The number of likely N-dealkylation sites (tertiary alicyclic amines) is 1. The van der Waals surface area contributed by atoms with Crippen molar-refractivity contribution >= 4 is 23.2 Å². The molecular weight excluding hydrogens is 353 g/mol. The Morgan fingerprint density at radius 2 is 1.96 bits per heavy atom. The molecule has 0 bridgehead atoms. The van der Waals surface area contributed by atoms with Crippen LogP contribution in [-0.2, 0) is 11.2 Å². The van der Waals surface area contributed by atoms with E-state index in [0.29, 0.717) is 31.1 Å². The van der Waals surface area contributed by atoms with Gasteiger partial charge in [-0.2, -0.15) is 0 Å². The van der Waals surface area contributed by atoms with Gasteiger partial charge >= 0.3 is 0 Å². The standard InChI is InChI=1S/C19H22FN3O2S/c1-13(24)21-9-6-17-12-26-18(22-17)14-7-10-23(11-8-14)19(25)15-2-4-16(20)5-3-15/h2-5,12,14H,6-11H2,1H3,(H,21,24). The Hall–Kier alpha value is -2.28. The van der Waals surface area contributed by atoms with Crippen LogP contribution in [0.1, 0.15) is 46.7 Å². The Bertz CT molecular complexity index is 767. The number of amides is 2. The second kappa shape index (κ2) is 8.40. The predicted molar refractivity (Wildman–Crippen MR) is 98.8 cm³/mol. The van der Waals surface area contributed by atoms with Crippen molar-refractivity contribution in [1.29, 1.82) is 0 Å². The molecule has 7 heteroatoms. The van der Waals surface area contributed by atoms with Gasteiger partial charge in [0.15, 0.2) is 0 Å². The normalized spacial score (nSPS) is 15.1. The van der Waals surface area contributed by atoms with Gasteiger partial charge in [0, 0.05) is 49.8 Å². The molecule has 0 unspecified atom stereocenters. The van der Waals surface area contributed by atoms with Crippen LogP contribution in [-0.4, -0.2) is 41.3 Å². The minimum Gasteiger partial charge on any atom is -0.356 e. The fourth-order valence-electron chi connectivity index (χ4n) is 3.10. The Labute approximate surface area is 156 Å². The number of aromatic nitrogens is 1. The summed E-state index contributed by atoms with van der Waals surface area (Å²) in [4.78, 5) is 29.9. The minimum atomic E-state index is -0.335. The highest BCUT2D eigenvalue weighted by Gasteiger charge is 2.26. The Morgan fingerprint density at radius 3 is 2.62 bits per heavy atom. The number of nitrogens with one attached hydrogen (secondary N) is 1. The summed E-state index contributed by atoms with van der Waals surface area (Å²) < 4.78 is 13.0. The van der Waals surface area contributed by atoms with E-state index in [1.807, 2.05) is 10.3 Å². The number of rotatable bonds is 5. The van der Waals surface area contributed by atoms with Crippen LogP contribution in [0.4, 0.5) is 4.39 Å². The molecule has 0 atom stereocenters. The summed E-state index contributed by atoms with van der Waals surface area (Å²) >= 11 is 1.65. The molecule has 138 valence electrons. The predicted octanol–water partition coefficient (Wildman–Crippen LogP) is 2.98. The smallest absolute Gasteiger partial charge is 0.253 e. The van der Waals surface area contributed by atoms with Crippen LogP contribution < -0.4 is 5.32 Å². The summed E-state index contributed by atoms with van der Waals surface area (Å²) in [6.07, 6.45) is 2.50. The third kappa shape index (κ3) is 4.66. The van der Waals surface area contributed by atoms with E-state index in [1.54, 1.807) is 11.3 Å². The van der Waals surface area contributed by atoms with E-state index in [9.17, 15) is 14.0 Å². The summed E-state index contributed by atoms with van der Waals surface area (Å²) in [7, 11) is 0. The Morgan fingerprint density at radius 1 is 1.27 bits per heavy atom. The SMILES string of the molecule is CC(=O)NCCc1csc(C2CCN(C(=O)c3ccc(F)cc3)CC2)n1. The zero-order chi connectivity index (χ0) is 18.5. The molecule has 3 rings (SSSR count). The van der Waals surface area contributed by atoms with Crippen LogP contribution in [0.25, 0.3) is 0 Å². The lowest BCUT2D eigenvalue weighted by Gasteiger charge is -2.31. The minimum absolute atomic E-state index is 0.0290. The number of nitrogens with zero attached hydrogens (tertiary/aromatic N) is 2. The molecule has 0 saturated carbocycles. The second-order valence-electron chi connectivity index (χ2n) is 6.48. The Kier molecular flexibility index (Phi) is 5.98. The maximum absolute atomic E-state index is 13.0. The lowest BCUT2D eigenvalue weighted by molar-refractivity contribution is -0.118. The van der Waals surface area contributed by atoms with Gasteiger partial charge in [0.25, 0.3) is 5.91 Å². The van der Waals surface area contributed by atoms with E-state index >= 15 is 0 Å². The summed E-state index contributed by atoms with van der Waals surface area (Å²) in [5.41, 5.74) is 1.53. The van der Waals surface area contributed by atoms with Crippen molar-refractivity contribution in [2.75, 3.05) is 19.6 Å². The third-order valence-corrected chi connectivity index (χ3v) is 5.60. The lowest BCUT2D eigenvalue weighted by atomic mass is 9.97. The molecule has 1 aliphatic heterocycles. The van der Waals surface area contributed by atoms with Crippen molar-refractivity contribution < 1.29 is 14.0 Å². The first-order chi connectivity index (χ1) is 12.5. The topological polar surface area (TPSA) is 62.3 Å². The molecule has 2 amide bonds. The van der Waals surface area contributed by atoms with E-state index in [1.165, 1.54) is 31.2 Å². The van der Waals surface area contributed by atoms with Gasteiger partial charge < -0.3 is 10.2 Å². The highest BCUT2D eigenvalue weighted by Crippen LogP contribution is 2.31. The molecule has 1 aliphatic rings. The largest absolute Gasteiger partial charge is 0.356 e. The Balaban J connectivity index is 1.52. The molecule has 0 radical (unpaired) electrons. The number of thiazole rings is 1. The fourth-order valence-corrected chi connectivity index (χ4v) is 4.12. The first-order valence-electron chi connectivity index (χ1n) is 8.76. The zero-order valence-electron chi connectivity index (χ0n) is 14.7. The second-order valence-corrected chi connectivity index (χ2v) is 7.37. The van der Waals surface area contributed by atoms with Crippen LogP contribution in [0.15, 0.2) is 29.6 Å². The van der Waals surface area contributed by atoms with Crippen molar-refractivity contribution in [1.82, 2.24) is 15.2 Å². The summed E-state index contributed by atoms with van der Waals surface area (Å²) in [5.74, 6) is -0.0395. The first kappa shape index (κ1) is 18.5. The van der Waals surface area contributed by atoms with Crippen molar-refractivity contribution in [2.24, 2.45) is 0 Å². The van der Waals surface area contributed by atoms with E-state index in [0.717, 1.165) is 30.0 Å². The van der Waals surface area contributed by atoms with Crippen molar-refractivity contribution in [3.8, 4) is 0 Å². The van der Waals surface area contributed by atoms with Gasteiger partial charge in [-0.3, -0.25) is 9.59 Å². The molecule has 2 aromatic rings. The molecule has 5 nitrogen and oxygen atoms in total. The lowest BCUT2D eigenvalue weighted by Crippen LogP contribution is -2.37. The van der Waals surface area contributed by atoms with Gasteiger partial charge in [-0.25, -0.2) is 9.37 Å². The number of halogens is 1. The monoisotopic (exact) mass is 375 g/mol. The molecule has 0 spiro atoms. The molecular formula is C19H22FN3O2S. The summed E-state index contributed by atoms with van der Waals surface area (Å²) in [5, 5.41) is 5.94. The molecule has 0 aliphatic carbocycles. The molecule has 1 aromatic carbocycles. The van der Waals surface area contributed by atoms with Gasteiger partial charge in [0.1, 0.15) is 5.82 Å². The van der Waals surface area contributed by atoms with Gasteiger partial charge in [-0.05, 0) is 37.1 Å². The van der Waals surface area contributed by atoms with Crippen LogP contribution >= 0.6 is 11.3 Å². The van der Waals surface area contributed by atoms with Crippen LogP contribution in [0.3, 0.4) is 0 Å². The van der Waals surface area contributed by atoms with Gasteiger partial charge in [-0.1, -0.05) is 0 Å². The van der Waals surface area contributed by atoms with Gasteiger partial charge in [-0.15, -0.1) is 11.3 Å². The molecule has 1 saturated heterocycles. The molecule has 1 fully saturated rings. The van der Waals surface area contributed by atoms with Crippen LogP contribution in [0.2, 0.25) is 0 Å². The maximum atomic E-state index is 13.0. The third-order valence-electron chi connectivity index (χ3n) is 4.55. The number of hydrogen-bond donors (Lipinski definition) is 1. The van der Waals surface area contributed by atoms with E-state index in [-0.39, 0.29) is 17.6 Å². The quantitative estimate of drug-likeness (QED) is 0.874. The first-order valence-corrected chi connectivity index (χ1v) is 9.64. The van der Waals surface area contributed by atoms with E-state index < -0.39 is 0 Å². The van der Waals surface area contributed by atoms with Gasteiger partial charge in [0.2, 0.25) is 5.91 Å². The molecule has 1 aromatic heterocycles. The van der Waals surface area contributed by atoms with Crippen molar-refractivity contribution in [3.63, 3.8) is 0 Å². The number of carbonyl (C=O) groups excluding carboxylic acids is 2. The summed E-state index contributed by atoms with van der Waals surface area (Å²) in [6.45, 7) is 3.47. The molecule has 1 N–H and O–H groups in total. The van der Waals surface area contributed by atoms with Gasteiger partial charge in [0.05, 0.1) is 10.7 Å². The zero-order valence-corrected chi connectivity index (χ0v) is 15.5. The fraction of sp³-hybridized carbons (Fsp3) is 0.421. The average Bonchev–Trinajstić information content (AvgIpc) is 3.10. The molecule has 26 heavy (non-hydrogen) atoms. The van der Waals surface area contributed by atoms with E-state index in [4.69, 9.17) is 4.98 Å².